The van der Waals surface area contributed by atoms with Gasteiger partial charge in [-0.15, -0.1) is 0 Å². The monoisotopic (exact) mass is 322 g/mol. The summed E-state index contributed by atoms with van der Waals surface area (Å²) in [4.78, 5) is 24.3. The molecule has 6 nitrogen and oxygen atoms in total. The smallest absolute Gasteiger partial charge is 0.344 e. The van der Waals surface area contributed by atoms with Crippen molar-refractivity contribution in [3.8, 4) is 0 Å². The first-order valence-electron chi connectivity index (χ1n) is 8.25. The molecule has 2 unspecified atom stereocenters. The first kappa shape index (κ1) is 17.7. The molecule has 0 amide bonds. The lowest BCUT2D eigenvalue weighted by atomic mass is 9.88. The summed E-state index contributed by atoms with van der Waals surface area (Å²) in [6, 6.07) is 0. The summed E-state index contributed by atoms with van der Waals surface area (Å²) in [5.74, 6) is -0.0503. The summed E-state index contributed by atoms with van der Waals surface area (Å²) in [5.41, 5.74) is 0.845. The molecule has 0 aromatic carbocycles. The molecule has 1 aliphatic carbocycles. The van der Waals surface area contributed by atoms with Crippen molar-refractivity contribution in [1.29, 1.82) is 0 Å². The Balaban J connectivity index is 1.89. The van der Waals surface area contributed by atoms with E-state index in [1.54, 1.807) is 13.8 Å². The van der Waals surface area contributed by atoms with Crippen molar-refractivity contribution in [2.45, 2.75) is 52.6 Å². The van der Waals surface area contributed by atoms with Gasteiger partial charge >= 0.3 is 5.97 Å². The molecule has 1 aromatic rings. The topological polar surface area (TPSA) is 70.4 Å². The normalized spacial score (nSPS) is 21.2. The average Bonchev–Trinajstić information content (AvgIpc) is 2.51. The number of aryl methyl sites for hydroxylation is 2. The van der Waals surface area contributed by atoms with Crippen LogP contribution in [0.5, 0.6) is 0 Å². The van der Waals surface area contributed by atoms with Crippen LogP contribution >= 0.6 is 0 Å². The van der Waals surface area contributed by atoms with E-state index in [0.717, 1.165) is 6.42 Å². The molecule has 0 bridgehead atoms. The van der Waals surface area contributed by atoms with Crippen molar-refractivity contribution in [2.75, 3.05) is 13.2 Å². The zero-order chi connectivity index (χ0) is 17.0. The minimum Gasteiger partial charge on any atom is -0.459 e. The van der Waals surface area contributed by atoms with Gasteiger partial charge in [0, 0.05) is 7.05 Å². The van der Waals surface area contributed by atoms with Crippen LogP contribution in [0.3, 0.4) is 0 Å². The fraction of sp³-hybridized carbons (Fsp3) is 0.706. The van der Waals surface area contributed by atoms with Crippen LogP contribution in [0.15, 0.2) is 4.79 Å². The van der Waals surface area contributed by atoms with Crippen molar-refractivity contribution >= 4 is 5.97 Å². The van der Waals surface area contributed by atoms with Crippen LogP contribution in [0, 0.1) is 19.8 Å². The maximum Gasteiger partial charge on any atom is 0.344 e. The number of hydrogen-bond acceptors (Lipinski definition) is 5. The largest absolute Gasteiger partial charge is 0.459 e. The third-order valence-corrected chi connectivity index (χ3v) is 4.61. The van der Waals surface area contributed by atoms with Crippen LogP contribution in [0.2, 0.25) is 0 Å². The summed E-state index contributed by atoms with van der Waals surface area (Å²) in [5, 5.41) is 4.05. The zero-order valence-electron chi connectivity index (χ0n) is 14.4. The summed E-state index contributed by atoms with van der Waals surface area (Å²) >= 11 is 0. The molecule has 2 rings (SSSR count). The molecule has 1 aliphatic rings. The van der Waals surface area contributed by atoms with E-state index in [0.29, 0.717) is 23.8 Å². The van der Waals surface area contributed by atoms with Gasteiger partial charge in [-0.1, -0.05) is 19.8 Å². The van der Waals surface area contributed by atoms with Crippen molar-refractivity contribution in [1.82, 2.24) is 9.78 Å². The number of carbonyl (C=O) groups is 1. The third kappa shape index (κ3) is 4.19. The molecular formula is C17H26N2O4. The van der Waals surface area contributed by atoms with Crippen LogP contribution in [0.4, 0.5) is 0 Å². The second kappa shape index (κ2) is 7.73. The molecule has 6 heteroatoms. The minimum atomic E-state index is -0.603. The summed E-state index contributed by atoms with van der Waals surface area (Å²) < 4.78 is 12.2. The Kier molecular flexibility index (Phi) is 5.93. The fourth-order valence-corrected chi connectivity index (χ4v) is 3.02. The van der Waals surface area contributed by atoms with Crippen LogP contribution < -0.4 is 5.56 Å². The number of esters is 1. The van der Waals surface area contributed by atoms with Crippen molar-refractivity contribution in [3.63, 3.8) is 0 Å². The minimum absolute atomic E-state index is 0.0611. The van der Waals surface area contributed by atoms with Gasteiger partial charge in [-0.3, -0.25) is 4.79 Å². The lowest BCUT2D eigenvalue weighted by Gasteiger charge is -2.28. The molecule has 1 fully saturated rings. The molecular weight excluding hydrogens is 296 g/mol. The van der Waals surface area contributed by atoms with Crippen LogP contribution in [-0.4, -0.2) is 35.1 Å². The van der Waals surface area contributed by atoms with E-state index in [-0.39, 0.29) is 18.3 Å². The van der Waals surface area contributed by atoms with Gasteiger partial charge in [0.2, 0.25) is 0 Å². The van der Waals surface area contributed by atoms with Gasteiger partial charge in [0.25, 0.3) is 5.56 Å². The molecule has 1 aromatic heterocycles. The fourth-order valence-electron chi connectivity index (χ4n) is 3.02. The standard InChI is InChI=1S/C17H26N2O4/c1-11-7-5-6-8-14(11)22-9-10-23-17(21)15-12(2)13(3)18-19(4)16(15)20/h11,14H,5-10H2,1-4H3. The number of carbonyl (C=O) groups excluding carboxylic acids is 1. The Morgan fingerprint density at radius 2 is 1.96 bits per heavy atom. The van der Waals surface area contributed by atoms with E-state index in [9.17, 15) is 9.59 Å². The van der Waals surface area contributed by atoms with E-state index in [4.69, 9.17) is 9.47 Å². The van der Waals surface area contributed by atoms with Crippen molar-refractivity contribution in [3.05, 3.63) is 27.2 Å². The highest BCUT2D eigenvalue weighted by Crippen LogP contribution is 2.26. The van der Waals surface area contributed by atoms with Crippen molar-refractivity contribution in [2.24, 2.45) is 13.0 Å². The molecule has 0 radical (unpaired) electrons. The summed E-state index contributed by atoms with van der Waals surface area (Å²) in [6.07, 6.45) is 4.97. The second-order valence-electron chi connectivity index (χ2n) is 6.32. The van der Waals surface area contributed by atoms with E-state index in [1.165, 1.54) is 31.0 Å². The Labute approximate surface area is 136 Å². The van der Waals surface area contributed by atoms with Crippen LogP contribution in [-0.2, 0) is 16.5 Å². The van der Waals surface area contributed by atoms with Gasteiger partial charge in [-0.05, 0) is 38.2 Å². The van der Waals surface area contributed by atoms with E-state index in [1.807, 2.05) is 0 Å². The molecule has 1 heterocycles. The predicted molar refractivity (Wildman–Crippen MR) is 86.6 cm³/mol. The quantitative estimate of drug-likeness (QED) is 0.613. The lowest BCUT2D eigenvalue weighted by molar-refractivity contribution is -0.0272. The first-order chi connectivity index (χ1) is 10.9. The lowest BCUT2D eigenvalue weighted by Crippen LogP contribution is -2.31. The highest BCUT2D eigenvalue weighted by molar-refractivity contribution is 5.90. The molecule has 128 valence electrons. The van der Waals surface area contributed by atoms with E-state index < -0.39 is 11.5 Å². The molecule has 0 N–H and O–H groups in total. The van der Waals surface area contributed by atoms with Gasteiger partial charge in [0.1, 0.15) is 12.2 Å². The van der Waals surface area contributed by atoms with Gasteiger partial charge < -0.3 is 9.47 Å². The van der Waals surface area contributed by atoms with Gasteiger partial charge in [0.15, 0.2) is 0 Å². The maximum absolute atomic E-state index is 12.2. The predicted octanol–water partition coefficient (Wildman–Crippen LogP) is 2.15. The number of aromatic nitrogens is 2. The van der Waals surface area contributed by atoms with Crippen molar-refractivity contribution < 1.29 is 14.3 Å². The average molecular weight is 322 g/mol. The first-order valence-corrected chi connectivity index (χ1v) is 8.25. The van der Waals surface area contributed by atoms with Gasteiger partial charge in [-0.2, -0.15) is 5.10 Å². The SMILES string of the molecule is Cc1nn(C)c(=O)c(C(=O)OCCOC2CCCCC2C)c1C. The maximum atomic E-state index is 12.2. The van der Waals surface area contributed by atoms with E-state index >= 15 is 0 Å². The molecule has 2 atom stereocenters. The Bertz CT molecular complexity index is 624. The highest BCUT2D eigenvalue weighted by atomic mass is 16.6. The summed E-state index contributed by atoms with van der Waals surface area (Å²) in [7, 11) is 1.53. The number of hydrogen-bond donors (Lipinski definition) is 0. The van der Waals surface area contributed by atoms with E-state index in [2.05, 4.69) is 12.0 Å². The third-order valence-electron chi connectivity index (χ3n) is 4.61. The molecule has 0 saturated heterocycles. The van der Waals surface area contributed by atoms with Gasteiger partial charge in [-0.25, -0.2) is 9.48 Å². The summed E-state index contributed by atoms with van der Waals surface area (Å²) in [6.45, 7) is 6.19. The zero-order valence-corrected chi connectivity index (χ0v) is 14.4. The molecule has 1 saturated carbocycles. The second-order valence-corrected chi connectivity index (χ2v) is 6.32. The number of nitrogens with zero attached hydrogens (tertiary/aromatic N) is 2. The van der Waals surface area contributed by atoms with Crippen LogP contribution in [0.25, 0.3) is 0 Å². The molecule has 0 aliphatic heterocycles. The van der Waals surface area contributed by atoms with Crippen LogP contribution in [0.1, 0.15) is 54.2 Å². The van der Waals surface area contributed by atoms with Gasteiger partial charge in [0.05, 0.1) is 18.4 Å². The Hall–Kier alpha value is -1.69. The Morgan fingerprint density at radius 1 is 1.26 bits per heavy atom. The highest BCUT2D eigenvalue weighted by Gasteiger charge is 2.22. The molecule has 0 spiro atoms. The number of ether oxygens (including phenoxy) is 2. The molecule has 23 heavy (non-hydrogen) atoms. The Morgan fingerprint density at radius 3 is 2.65 bits per heavy atom. The number of rotatable bonds is 5.